The lowest BCUT2D eigenvalue weighted by Crippen LogP contribution is -2.27. The fourth-order valence-corrected chi connectivity index (χ4v) is 1.81. The van der Waals surface area contributed by atoms with Gasteiger partial charge in [-0.05, 0) is 27.2 Å². The third-order valence-corrected chi connectivity index (χ3v) is 3.12. The summed E-state index contributed by atoms with van der Waals surface area (Å²) in [5, 5.41) is 17.2. The molecule has 1 aromatic heterocycles. The van der Waals surface area contributed by atoms with Gasteiger partial charge in [0.15, 0.2) is 0 Å². The van der Waals surface area contributed by atoms with Crippen LogP contribution in [0.5, 0.6) is 0 Å². The number of aryl methyl sites for hydroxylation is 2. The molecule has 92 valence electrons. The highest BCUT2D eigenvalue weighted by molar-refractivity contribution is 6.31. The van der Waals surface area contributed by atoms with Gasteiger partial charge >= 0.3 is 0 Å². The molecule has 1 heterocycles. The fourth-order valence-electron chi connectivity index (χ4n) is 1.60. The van der Waals surface area contributed by atoms with Crippen LogP contribution in [0.25, 0.3) is 0 Å². The minimum absolute atomic E-state index is 0.202. The first-order chi connectivity index (χ1) is 7.60. The van der Waals surface area contributed by atoms with Gasteiger partial charge in [-0.3, -0.25) is 4.68 Å². The molecule has 1 aromatic rings. The molecule has 0 amide bonds. The van der Waals surface area contributed by atoms with Crippen molar-refractivity contribution in [2.45, 2.75) is 46.3 Å². The zero-order chi connectivity index (χ0) is 12.1. The van der Waals surface area contributed by atoms with Gasteiger partial charge < -0.3 is 10.4 Å². The Balaban J connectivity index is 2.65. The Hall–Kier alpha value is -0.580. The Bertz CT molecular complexity index is 338. The molecule has 0 aliphatic carbocycles. The van der Waals surface area contributed by atoms with E-state index in [1.54, 1.807) is 0 Å². The summed E-state index contributed by atoms with van der Waals surface area (Å²) >= 11 is 6.18. The van der Waals surface area contributed by atoms with Crippen molar-refractivity contribution in [2.24, 2.45) is 0 Å². The molecule has 0 saturated heterocycles. The molecule has 1 atom stereocenters. The predicted molar refractivity (Wildman–Crippen MR) is 65.7 cm³/mol. The van der Waals surface area contributed by atoms with Crippen molar-refractivity contribution in [1.82, 2.24) is 15.1 Å². The molecule has 0 spiro atoms. The van der Waals surface area contributed by atoms with Crippen molar-refractivity contribution < 1.29 is 5.11 Å². The Morgan fingerprint density at radius 2 is 2.25 bits per heavy atom. The predicted octanol–water partition coefficient (Wildman–Crippen LogP) is 1.73. The van der Waals surface area contributed by atoms with Crippen LogP contribution in [-0.2, 0) is 13.1 Å². The van der Waals surface area contributed by atoms with Crippen molar-refractivity contribution in [2.75, 3.05) is 6.61 Å². The van der Waals surface area contributed by atoms with E-state index in [1.807, 2.05) is 25.5 Å². The summed E-state index contributed by atoms with van der Waals surface area (Å²) in [4.78, 5) is 0. The standard InChI is InChI=1S/C11H20ClN3O/c1-4-15-10(11(12)9(3)14-15)7-13-8(2)5-6-16/h8,13,16H,4-7H2,1-3H3. The minimum atomic E-state index is 0.202. The van der Waals surface area contributed by atoms with Crippen LogP contribution >= 0.6 is 11.6 Å². The molecule has 4 nitrogen and oxygen atoms in total. The average Bonchev–Trinajstić information content (AvgIpc) is 2.53. The molecule has 2 N–H and O–H groups in total. The summed E-state index contributed by atoms with van der Waals surface area (Å²) in [6.07, 6.45) is 0.747. The van der Waals surface area contributed by atoms with Gasteiger partial charge in [0.2, 0.25) is 0 Å². The maximum Gasteiger partial charge on any atom is 0.0860 e. The number of hydrogen-bond donors (Lipinski definition) is 2. The second-order valence-corrected chi connectivity index (χ2v) is 4.33. The SMILES string of the molecule is CCn1nc(C)c(Cl)c1CNC(C)CCO. The highest BCUT2D eigenvalue weighted by atomic mass is 35.5. The van der Waals surface area contributed by atoms with Crippen molar-refractivity contribution >= 4 is 11.6 Å². The monoisotopic (exact) mass is 245 g/mol. The maximum atomic E-state index is 8.81. The molecule has 1 unspecified atom stereocenters. The topological polar surface area (TPSA) is 50.1 Å². The molecular formula is C11H20ClN3O. The van der Waals surface area contributed by atoms with E-state index in [4.69, 9.17) is 16.7 Å². The number of aliphatic hydroxyl groups excluding tert-OH is 1. The first-order valence-corrected chi connectivity index (χ1v) is 6.04. The molecule has 0 radical (unpaired) electrons. The van der Waals surface area contributed by atoms with Gasteiger partial charge in [0.05, 0.1) is 16.4 Å². The summed E-state index contributed by atoms with van der Waals surface area (Å²) in [6, 6.07) is 0.279. The lowest BCUT2D eigenvalue weighted by molar-refractivity contribution is 0.268. The minimum Gasteiger partial charge on any atom is -0.396 e. The number of halogens is 1. The summed E-state index contributed by atoms with van der Waals surface area (Å²) in [5.41, 5.74) is 1.89. The van der Waals surface area contributed by atoms with Gasteiger partial charge in [0, 0.05) is 25.7 Å². The van der Waals surface area contributed by atoms with E-state index in [1.165, 1.54) is 0 Å². The molecule has 0 aliphatic rings. The number of nitrogens with zero attached hydrogens (tertiary/aromatic N) is 2. The third-order valence-electron chi connectivity index (χ3n) is 2.63. The Morgan fingerprint density at radius 3 is 2.81 bits per heavy atom. The van der Waals surface area contributed by atoms with Gasteiger partial charge in [-0.1, -0.05) is 11.6 Å². The van der Waals surface area contributed by atoms with Gasteiger partial charge in [0.1, 0.15) is 0 Å². The zero-order valence-electron chi connectivity index (χ0n) is 10.1. The van der Waals surface area contributed by atoms with Gasteiger partial charge in [-0.25, -0.2) is 0 Å². The van der Waals surface area contributed by atoms with Gasteiger partial charge in [0.25, 0.3) is 0 Å². The number of rotatable bonds is 6. The number of aliphatic hydroxyl groups is 1. The number of aromatic nitrogens is 2. The first kappa shape index (κ1) is 13.5. The molecule has 0 aromatic carbocycles. The summed E-state index contributed by atoms with van der Waals surface area (Å²) in [7, 11) is 0. The summed E-state index contributed by atoms with van der Waals surface area (Å²) in [5.74, 6) is 0. The van der Waals surface area contributed by atoms with Crippen LogP contribution in [0, 0.1) is 6.92 Å². The first-order valence-electron chi connectivity index (χ1n) is 5.66. The van der Waals surface area contributed by atoms with Crippen LogP contribution < -0.4 is 5.32 Å². The van der Waals surface area contributed by atoms with Crippen molar-refractivity contribution in [1.29, 1.82) is 0 Å². The van der Waals surface area contributed by atoms with Crippen molar-refractivity contribution in [3.8, 4) is 0 Å². The van der Waals surface area contributed by atoms with E-state index in [2.05, 4.69) is 10.4 Å². The van der Waals surface area contributed by atoms with Crippen molar-refractivity contribution in [3.05, 3.63) is 16.4 Å². The smallest absolute Gasteiger partial charge is 0.0860 e. The molecule has 0 aliphatic heterocycles. The van der Waals surface area contributed by atoms with E-state index < -0.39 is 0 Å². The van der Waals surface area contributed by atoms with Crippen molar-refractivity contribution in [3.63, 3.8) is 0 Å². The Morgan fingerprint density at radius 1 is 1.56 bits per heavy atom. The van der Waals surface area contributed by atoms with Crippen LogP contribution in [0.15, 0.2) is 0 Å². The lowest BCUT2D eigenvalue weighted by Gasteiger charge is -2.13. The van der Waals surface area contributed by atoms with Gasteiger partial charge in [-0.2, -0.15) is 5.10 Å². The molecular weight excluding hydrogens is 226 g/mol. The maximum absolute atomic E-state index is 8.81. The van der Waals surface area contributed by atoms with E-state index in [-0.39, 0.29) is 12.6 Å². The molecule has 0 fully saturated rings. The highest BCUT2D eigenvalue weighted by Gasteiger charge is 2.12. The fraction of sp³-hybridized carbons (Fsp3) is 0.727. The van der Waals surface area contributed by atoms with Crippen LogP contribution in [0.4, 0.5) is 0 Å². The molecule has 5 heteroatoms. The quantitative estimate of drug-likeness (QED) is 0.803. The van der Waals surface area contributed by atoms with Crippen LogP contribution in [0.2, 0.25) is 5.02 Å². The van der Waals surface area contributed by atoms with E-state index >= 15 is 0 Å². The number of hydrogen-bond acceptors (Lipinski definition) is 3. The largest absolute Gasteiger partial charge is 0.396 e. The average molecular weight is 246 g/mol. The van der Waals surface area contributed by atoms with E-state index in [0.29, 0.717) is 6.54 Å². The normalized spacial score (nSPS) is 13.1. The molecule has 0 bridgehead atoms. The second kappa shape index (κ2) is 6.23. The van der Waals surface area contributed by atoms with E-state index in [0.717, 1.165) is 29.4 Å². The Kier molecular flexibility index (Phi) is 5.25. The van der Waals surface area contributed by atoms with Gasteiger partial charge in [-0.15, -0.1) is 0 Å². The van der Waals surface area contributed by atoms with Crippen LogP contribution in [0.1, 0.15) is 31.7 Å². The summed E-state index contributed by atoms with van der Waals surface area (Å²) < 4.78 is 1.91. The summed E-state index contributed by atoms with van der Waals surface area (Å²) in [6.45, 7) is 7.71. The third kappa shape index (κ3) is 3.20. The zero-order valence-corrected chi connectivity index (χ0v) is 10.9. The molecule has 16 heavy (non-hydrogen) atoms. The molecule has 0 saturated carbocycles. The second-order valence-electron chi connectivity index (χ2n) is 3.96. The lowest BCUT2D eigenvalue weighted by atomic mass is 10.2. The highest BCUT2D eigenvalue weighted by Crippen LogP contribution is 2.20. The van der Waals surface area contributed by atoms with E-state index in [9.17, 15) is 0 Å². The Labute approximate surface area is 102 Å². The van der Waals surface area contributed by atoms with Crippen LogP contribution in [-0.4, -0.2) is 27.5 Å². The number of nitrogens with one attached hydrogen (secondary N) is 1. The molecule has 1 rings (SSSR count). The van der Waals surface area contributed by atoms with Crippen LogP contribution in [0.3, 0.4) is 0 Å².